The minimum absolute atomic E-state index is 0.251. The van der Waals surface area contributed by atoms with Crippen molar-refractivity contribution in [2.45, 2.75) is 20.0 Å². The van der Waals surface area contributed by atoms with Crippen LogP contribution >= 0.6 is 0 Å². The molecule has 0 aliphatic carbocycles. The van der Waals surface area contributed by atoms with E-state index in [1.54, 1.807) is 0 Å². The average molecular weight is 197 g/mol. The van der Waals surface area contributed by atoms with E-state index in [0.717, 1.165) is 11.3 Å². The topological polar surface area (TPSA) is 32.3 Å². The Labute approximate surface area is 83.8 Å². The Morgan fingerprint density at radius 2 is 2.14 bits per heavy atom. The molecule has 0 aliphatic rings. The molecule has 2 N–H and O–H groups in total. The first kappa shape index (κ1) is 11.0. The summed E-state index contributed by atoms with van der Waals surface area (Å²) in [5.41, 5.74) is 3.28. The van der Waals surface area contributed by atoms with E-state index in [4.69, 9.17) is 5.11 Å². The summed E-state index contributed by atoms with van der Waals surface area (Å²) in [6, 6.07) is 5.88. The van der Waals surface area contributed by atoms with Crippen molar-refractivity contribution >= 4 is 5.69 Å². The van der Waals surface area contributed by atoms with Crippen LogP contribution in [0.4, 0.5) is 10.1 Å². The van der Waals surface area contributed by atoms with Crippen LogP contribution in [-0.4, -0.2) is 24.4 Å². The van der Waals surface area contributed by atoms with Crippen molar-refractivity contribution in [3.8, 4) is 0 Å². The molecule has 0 saturated heterocycles. The van der Waals surface area contributed by atoms with Crippen LogP contribution < -0.4 is 5.32 Å². The Bertz CT molecular complexity index is 301. The molecule has 0 aliphatic heterocycles. The normalized spacial score (nSPS) is 12.6. The van der Waals surface area contributed by atoms with Crippen LogP contribution in [0.1, 0.15) is 11.1 Å². The monoisotopic (exact) mass is 197 g/mol. The Morgan fingerprint density at radius 3 is 2.79 bits per heavy atom. The lowest BCUT2D eigenvalue weighted by atomic mass is 10.1. The third-order valence-corrected chi connectivity index (χ3v) is 2.31. The summed E-state index contributed by atoms with van der Waals surface area (Å²) < 4.78 is 12.0. The van der Waals surface area contributed by atoms with E-state index in [-0.39, 0.29) is 6.54 Å². The molecule has 0 bridgehead atoms. The summed E-state index contributed by atoms with van der Waals surface area (Å²) in [7, 11) is 0. The lowest BCUT2D eigenvalue weighted by Crippen LogP contribution is -2.21. The molecule has 0 radical (unpaired) electrons. The Morgan fingerprint density at radius 1 is 1.43 bits per heavy atom. The summed E-state index contributed by atoms with van der Waals surface area (Å²) in [5.74, 6) is 0. The average Bonchev–Trinajstić information content (AvgIpc) is 2.20. The fourth-order valence-electron chi connectivity index (χ4n) is 1.22. The van der Waals surface area contributed by atoms with Gasteiger partial charge in [0.15, 0.2) is 0 Å². The number of hydrogen-bond donors (Lipinski definition) is 2. The lowest BCUT2D eigenvalue weighted by molar-refractivity contribution is 0.151. The number of halogens is 1. The molecule has 1 unspecified atom stereocenters. The summed E-state index contributed by atoms with van der Waals surface area (Å²) in [6.45, 7) is 3.56. The molecule has 0 saturated carbocycles. The Kier molecular flexibility index (Phi) is 3.89. The highest BCUT2D eigenvalue weighted by Gasteiger charge is 2.04. The van der Waals surface area contributed by atoms with Gasteiger partial charge in [-0.2, -0.15) is 0 Å². The number of aliphatic hydroxyl groups excluding tert-OH is 1. The van der Waals surface area contributed by atoms with Crippen molar-refractivity contribution in [2.24, 2.45) is 0 Å². The van der Waals surface area contributed by atoms with E-state index in [0.29, 0.717) is 0 Å². The molecule has 0 amide bonds. The third kappa shape index (κ3) is 2.70. The SMILES string of the molecule is Cc1cccc(NCC(O)CF)c1C. The molecule has 78 valence electrons. The van der Waals surface area contributed by atoms with Gasteiger partial charge >= 0.3 is 0 Å². The molecule has 0 spiro atoms. The van der Waals surface area contributed by atoms with Gasteiger partial charge in [-0.05, 0) is 31.0 Å². The van der Waals surface area contributed by atoms with Crippen LogP contribution in [0.25, 0.3) is 0 Å². The van der Waals surface area contributed by atoms with Crippen LogP contribution in [-0.2, 0) is 0 Å². The second-order valence-corrected chi connectivity index (χ2v) is 3.44. The van der Waals surface area contributed by atoms with E-state index in [2.05, 4.69) is 5.32 Å². The Hall–Kier alpha value is -1.09. The van der Waals surface area contributed by atoms with Crippen molar-refractivity contribution in [3.63, 3.8) is 0 Å². The molecule has 1 atom stereocenters. The number of aryl methyl sites for hydroxylation is 1. The molecule has 0 heterocycles. The van der Waals surface area contributed by atoms with E-state index >= 15 is 0 Å². The van der Waals surface area contributed by atoms with Crippen LogP contribution in [0.3, 0.4) is 0 Å². The highest BCUT2D eigenvalue weighted by atomic mass is 19.1. The van der Waals surface area contributed by atoms with Crippen molar-refractivity contribution in [1.29, 1.82) is 0 Å². The van der Waals surface area contributed by atoms with Gasteiger partial charge < -0.3 is 10.4 Å². The maximum Gasteiger partial charge on any atom is 0.117 e. The van der Waals surface area contributed by atoms with Crippen molar-refractivity contribution in [3.05, 3.63) is 29.3 Å². The van der Waals surface area contributed by atoms with Gasteiger partial charge in [0.05, 0.1) is 6.10 Å². The number of nitrogens with one attached hydrogen (secondary N) is 1. The fraction of sp³-hybridized carbons (Fsp3) is 0.455. The summed E-state index contributed by atoms with van der Waals surface area (Å²) in [4.78, 5) is 0. The molecule has 1 aromatic carbocycles. The highest BCUT2D eigenvalue weighted by Crippen LogP contribution is 2.17. The molecule has 1 aromatic rings. The smallest absolute Gasteiger partial charge is 0.117 e. The van der Waals surface area contributed by atoms with Crippen molar-refractivity contribution in [2.75, 3.05) is 18.5 Å². The maximum absolute atomic E-state index is 12.0. The molecular weight excluding hydrogens is 181 g/mol. The van der Waals surface area contributed by atoms with Gasteiger partial charge in [0, 0.05) is 12.2 Å². The zero-order valence-electron chi connectivity index (χ0n) is 8.55. The quantitative estimate of drug-likeness (QED) is 0.774. The first-order valence-corrected chi connectivity index (χ1v) is 4.69. The molecule has 0 aromatic heterocycles. The zero-order chi connectivity index (χ0) is 10.6. The van der Waals surface area contributed by atoms with Gasteiger partial charge in [-0.25, -0.2) is 4.39 Å². The van der Waals surface area contributed by atoms with Gasteiger partial charge in [0.1, 0.15) is 6.67 Å². The standard InChI is InChI=1S/C11H16FNO/c1-8-4-3-5-11(9(8)2)13-7-10(14)6-12/h3-5,10,13-14H,6-7H2,1-2H3. The van der Waals surface area contributed by atoms with Gasteiger partial charge in [0.25, 0.3) is 0 Å². The second-order valence-electron chi connectivity index (χ2n) is 3.44. The number of aliphatic hydroxyl groups is 1. The van der Waals surface area contributed by atoms with Gasteiger partial charge in [-0.1, -0.05) is 12.1 Å². The summed E-state index contributed by atoms with van der Waals surface area (Å²) >= 11 is 0. The number of rotatable bonds is 4. The van der Waals surface area contributed by atoms with E-state index in [1.165, 1.54) is 5.56 Å². The van der Waals surface area contributed by atoms with Crippen LogP contribution in [0.5, 0.6) is 0 Å². The highest BCUT2D eigenvalue weighted by molar-refractivity contribution is 5.53. The molecule has 14 heavy (non-hydrogen) atoms. The van der Waals surface area contributed by atoms with Crippen molar-refractivity contribution < 1.29 is 9.50 Å². The second kappa shape index (κ2) is 4.96. The van der Waals surface area contributed by atoms with E-state index < -0.39 is 12.8 Å². The number of alkyl halides is 1. The lowest BCUT2D eigenvalue weighted by Gasteiger charge is -2.13. The van der Waals surface area contributed by atoms with E-state index in [1.807, 2.05) is 32.0 Å². The predicted octanol–water partition coefficient (Wildman–Crippen LogP) is 2.05. The fourth-order valence-corrected chi connectivity index (χ4v) is 1.22. The van der Waals surface area contributed by atoms with Gasteiger partial charge in [-0.15, -0.1) is 0 Å². The zero-order valence-corrected chi connectivity index (χ0v) is 8.55. The van der Waals surface area contributed by atoms with E-state index in [9.17, 15) is 4.39 Å². The summed E-state index contributed by atoms with van der Waals surface area (Å²) in [6.07, 6.45) is -0.921. The molecule has 2 nitrogen and oxygen atoms in total. The molecule has 3 heteroatoms. The molecular formula is C11H16FNO. The van der Waals surface area contributed by atoms with Crippen LogP contribution in [0.15, 0.2) is 18.2 Å². The Balaban J connectivity index is 2.63. The van der Waals surface area contributed by atoms with Crippen molar-refractivity contribution in [1.82, 2.24) is 0 Å². The first-order valence-electron chi connectivity index (χ1n) is 4.69. The number of hydrogen-bond acceptors (Lipinski definition) is 2. The van der Waals surface area contributed by atoms with Crippen LogP contribution in [0, 0.1) is 13.8 Å². The largest absolute Gasteiger partial charge is 0.389 e. The van der Waals surface area contributed by atoms with Gasteiger partial charge in [0.2, 0.25) is 0 Å². The first-order chi connectivity index (χ1) is 6.65. The molecule has 0 fully saturated rings. The molecule has 1 rings (SSSR count). The maximum atomic E-state index is 12.0. The third-order valence-electron chi connectivity index (χ3n) is 2.31. The minimum atomic E-state index is -0.921. The predicted molar refractivity (Wildman–Crippen MR) is 56.4 cm³/mol. The number of benzene rings is 1. The number of anilines is 1. The summed E-state index contributed by atoms with van der Waals surface area (Å²) in [5, 5.41) is 12.1. The van der Waals surface area contributed by atoms with Crippen LogP contribution in [0.2, 0.25) is 0 Å². The minimum Gasteiger partial charge on any atom is -0.389 e. The van der Waals surface area contributed by atoms with Gasteiger partial charge in [-0.3, -0.25) is 0 Å².